The summed E-state index contributed by atoms with van der Waals surface area (Å²) in [5.41, 5.74) is 6.41. The fourth-order valence-corrected chi connectivity index (χ4v) is 3.99. The van der Waals surface area contributed by atoms with Crippen LogP contribution in [0.4, 0.5) is 4.39 Å². The summed E-state index contributed by atoms with van der Waals surface area (Å²) in [6.45, 7) is 8.39. The van der Waals surface area contributed by atoms with Gasteiger partial charge in [0.25, 0.3) is 0 Å². The molecular formula is C21H23FN2. The first kappa shape index (κ1) is 15.4. The summed E-state index contributed by atoms with van der Waals surface area (Å²) in [6, 6.07) is 13.8. The van der Waals surface area contributed by atoms with Gasteiger partial charge in [0.1, 0.15) is 5.82 Å². The zero-order valence-electron chi connectivity index (χ0n) is 14.3. The van der Waals surface area contributed by atoms with E-state index in [2.05, 4.69) is 47.6 Å². The highest BCUT2D eigenvalue weighted by molar-refractivity contribution is 5.94. The molecule has 1 aliphatic rings. The van der Waals surface area contributed by atoms with Crippen LogP contribution in [0.25, 0.3) is 22.2 Å². The molecule has 0 aliphatic carbocycles. The van der Waals surface area contributed by atoms with Gasteiger partial charge in [-0.15, -0.1) is 0 Å². The summed E-state index contributed by atoms with van der Waals surface area (Å²) < 4.78 is 16.2. The molecule has 0 bridgehead atoms. The normalized spacial score (nSPS) is 12.8. The Hall–Kier alpha value is -2.13. The average molecular weight is 322 g/mol. The van der Waals surface area contributed by atoms with Gasteiger partial charge in [-0.05, 0) is 48.8 Å². The maximum Gasteiger partial charge on any atom is 0.123 e. The lowest BCUT2D eigenvalue weighted by atomic mass is 10.00. The Kier molecular flexibility index (Phi) is 3.89. The van der Waals surface area contributed by atoms with Gasteiger partial charge in [0, 0.05) is 29.6 Å². The molecule has 1 aliphatic heterocycles. The highest BCUT2D eigenvalue weighted by atomic mass is 19.1. The Bertz CT molecular complexity index is 890. The second-order valence-electron chi connectivity index (χ2n) is 6.51. The summed E-state index contributed by atoms with van der Waals surface area (Å²) in [5, 5.41) is 1.08. The Balaban J connectivity index is 1.87. The van der Waals surface area contributed by atoms with Crippen LogP contribution >= 0.6 is 0 Å². The third-order valence-electron chi connectivity index (χ3n) is 5.30. The smallest absolute Gasteiger partial charge is 0.123 e. The van der Waals surface area contributed by atoms with E-state index in [9.17, 15) is 4.39 Å². The molecule has 0 N–H and O–H groups in total. The number of halogens is 1. The number of fused-ring (bicyclic) bond motifs is 5. The predicted octanol–water partition coefficient (Wildman–Crippen LogP) is 4.69. The van der Waals surface area contributed by atoms with Gasteiger partial charge in [-0.2, -0.15) is 0 Å². The molecule has 1 aromatic heterocycles. The van der Waals surface area contributed by atoms with E-state index >= 15 is 0 Å². The molecule has 0 fully saturated rings. The summed E-state index contributed by atoms with van der Waals surface area (Å²) in [5.74, 6) is -0.149. The van der Waals surface area contributed by atoms with Crippen molar-refractivity contribution in [2.75, 3.05) is 19.6 Å². The molecule has 0 radical (unpaired) electrons. The number of rotatable bonds is 5. The van der Waals surface area contributed by atoms with Gasteiger partial charge in [0.2, 0.25) is 0 Å². The first-order valence-electron chi connectivity index (χ1n) is 8.84. The lowest BCUT2D eigenvalue weighted by Gasteiger charge is -2.18. The maximum absolute atomic E-state index is 13.9. The van der Waals surface area contributed by atoms with E-state index < -0.39 is 0 Å². The molecule has 0 saturated heterocycles. The Morgan fingerprint density at radius 2 is 1.88 bits per heavy atom. The Labute approximate surface area is 142 Å². The standard InChI is InChI=1S/C21H23FN2/c1-3-23(4-2)12-11-18-19-13-16(22)9-10-20(19)24-14-15-7-5-6-8-17(15)21(18)24/h5-10,13H,3-4,11-12,14H2,1-2H3. The molecule has 2 aromatic carbocycles. The van der Waals surface area contributed by atoms with Gasteiger partial charge in [-0.3, -0.25) is 0 Å². The first-order chi connectivity index (χ1) is 11.7. The van der Waals surface area contributed by atoms with Crippen molar-refractivity contribution in [1.82, 2.24) is 9.47 Å². The highest BCUT2D eigenvalue weighted by Crippen LogP contribution is 2.41. The van der Waals surface area contributed by atoms with Crippen LogP contribution in [0.15, 0.2) is 42.5 Å². The zero-order chi connectivity index (χ0) is 16.7. The van der Waals surface area contributed by atoms with Crippen molar-refractivity contribution in [2.24, 2.45) is 0 Å². The van der Waals surface area contributed by atoms with Gasteiger partial charge in [0.05, 0.1) is 5.69 Å². The predicted molar refractivity (Wildman–Crippen MR) is 97.9 cm³/mol. The Morgan fingerprint density at radius 3 is 2.67 bits per heavy atom. The number of hydrogen-bond donors (Lipinski definition) is 0. The third kappa shape index (κ3) is 2.35. The van der Waals surface area contributed by atoms with Crippen molar-refractivity contribution in [3.63, 3.8) is 0 Å². The van der Waals surface area contributed by atoms with Gasteiger partial charge in [-0.1, -0.05) is 38.1 Å². The van der Waals surface area contributed by atoms with Crippen molar-refractivity contribution in [2.45, 2.75) is 26.8 Å². The lowest BCUT2D eigenvalue weighted by molar-refractivity contribution is 0.308. The van der Waals surface area contributed by atoms with Crippen LogP contribution in [0, 0.1) is 5.82 Å². The van der Waals surface area contributed by atoms with E-state index in [-0.39, 0.29) is 5.82 Å². The second kappa shape index (κ2) is 6.06. The monoisotopic (exact) mass is 322 g/mol. The molecule has 0 spiro atoms. The SMILES string of the molecule is CCN(CC)CCc1c2n(c3ccc(F)cc13)Cc1ccccc1-2. The Morgan fingerprint density at radius 1 is 1.08 bits per heavy atom. The molecule has 124 valence electrons. The summed E-state index contributed by atoms with van der Waals surface area (Å²) in [7, 11) is 0. The molecule has 0 saturated carbocycles. The van der Waals surface area contributed by atoms with Crippen molar-refractivity contribution in [3.05, 3.63) is 59.4 Å². The van der Waals surface area contributed by atoms with Crippen LogP contribution in [0.5, 0.6) is 0 Å². The lowest BCUT2D eigenvalue weighted by Crippen LogP contribution is -2.25. The second-order valence-corrected chi connectivity index (χ2v) is 6.51. The molecule has 4 rings (SSSR count). The third-order valence-corrected chi connectivity index (χ3v) is 5.30. The largest absolute Gasteiger partial charge is 0.336 e. The van der Waals surface area contributed by atoms with Crippen molar-refractivity contribution >= 4 is 10.9 Å². The van der Waals surface area contributed by atoms with E-state index in [4.69, 9.17) is 0 Å². The molecule has 24 heavy (non-hydrogen) atoms. The average Bonchev–Trinajstić information content (AvgIpc) is 3.11. The summed E-state index contributed by atoms with van der Waals surface area (Å²) in [6.07, 6.45) is 0.957. The molecule has 0 amide bonds. The zero-order valence-corrected chi connectivity index (χ0v) is 14.3. The number of likely N-dealkylation sites (N-methyl/N-ethyl adjacent to an activating group) is 1. The number of benzene rings is 2. The van der Waals surface area contributed by atoms with E-state index in [0.29, 0.717) is 0 Å². The van der Waals surface area contributed by atoms with Crippen LogP contribution in [0.2, 0.25) is 0 Å². The van der Waals surface area contributed by atoms with E-state index in [1.807, 2.05) is 6.07 Å². The molecule has 2 heterocycles. The van der Waals surface area contributed by atoms with Crippen molar-refractivity contribution < 1.29 is 4.39 Å². The van der Waals surface area contributed by atoms with Crippen LogP contribution in [-0.2, 0) is 13.0 Å². The summed E-state index contributed by atoms with van der Waals surface area (Å²) >= 11 is 0. The minimum atomic E-state index is -0.149. The first-order valence-corrected chi connectivity index (χ1v) is 8.84. The van der Waals surface area contributed by atoms with Crippen molar-refractivity contribution in [1.29, 1.82) is 0 Å². The molecule has 0 atom stereocenters. The topological polar surface area (TPSA) is 8.17 Å². The van der Waals surface area contributed by atoms with Gasteiger partial charge in [-0.25, -0.2) is 4.39 Å². The minimum Gasteiger partial charge on any atom is -0.336 e. The fraction of sp³-hybridized carbons (Fsp3) is 0.333. The quantitative estimate of drug-likeness (QED) is 0.517. The number of aromatic nitrogens is 1. The molecule has 0 unspecified atom stereocenters. The van der Waals surface area contributed by atoms with E-state index in [0.717, 1.165) is 43.5 Å². The van der Waals surface area contributed by atoms with Crippen LogP contribution < -0.4 is 0 Å². The van der Waals surface area contributed by atoms with Crippen LogP contribution in [-0.4, -0.2) is 29.1 Å². The number of hydrogen-bond acceptors (Lipinski definition) is 1. The minimum absolute atomic E-state index is 0.149. The van der Waals surface area contributed by atoms with Crippen LogP contribution in [0.3, 0.4) is 0 Å². The number of nitrogens with zero attached hydrogens (tertiary/aromatic N) is 2. The molecule has 2 nitrogen and oxygen atoms in total. The van der Waals surface area contributed by atoms with Gasteiger partial charge < -0.3 is 9.47 Å². The fourth-order valence-electron chi connectivity index (χ4n) is 3.99. The molecular weight excluding hydrogens is 299 g/mol. The molecule has 3 heteroatoms. The van der Waals surface area contributed by atoms with Gasteiger partial charge in [0.15, 0.2) is 0 Å². The summed E-state index contributed by atoms with van der Waals surface area (Å²) in [4.78, 5) is 2.43. The highest BCUT2D eigenvalue weighted by Gasteiger charge is 2.25. The van der Waals surface area contributed by atoms with Crippen molar-refractivity contribution in [3.8, 4) is 11.3 Å². The van der Waals surface area contributed by atoms with E-state index in [1.54, 1.807) is 12.1 Å². The van der Waals surface area contributed by atoms with Gasteiger partial charge >= 0.3 is 0 Å². The van der Waals surface area contributed by atoms with E-state index in [1.165, 1.54) is 22.4 Å². The molecule has 3 aromatic rings. The van der Waals surface area contributed by atoms with Crippen LogP contribution in [0.1, 0.15) is 25.0 Å². The maximum atomic E-state index is 13.9.